The van der Waals surface area contributed by atoms with Gasteiger partial charge in [-0.2, -0.15) is 0 Å². The van der Waals surface area contributed by atoms with Gasteiger partial charge >= 0.3 is 0 Å². The molecule has 0 saturated carbocycles. The Labute approximate surface area is 108 Å². The zero-order chi connectivity index (χ0) is 12.1. The van der Waals surface area contributed by atoms with Gasteiger partial charge in [0.1, 0.15) is 5.78 Å². The van der Waals surface area contributed by atoms with E-state index in [1.54, 1.807) is 0 Å². The lowest BCUT2D eigenvalue weighted by Crippen LogP contribution is -2.45. The van der Waals surface area contributed by atoms with Crippen LogP contribution < -0.4 is 0 Å². The van der Waals surface area contributed by atoms with E-state index in [0.29, 0.717) is 18.1 Å². The molecule has 1 unspecified atom stereocenters. The Bertz CT molecular complexity index is 256. The second-order valence-electron chi connectivity index (χ2n) is 5.09. The Hall–Kier alpha value is -0.120. The number of hydrogen-bond acceptors (Lipinski definition) is 3. The van der Waals surface area contributed by atoms with Crippen LogP contribution in [0.25, 0.3) is 0 Å². The first-order valence-corrected chi connectivity index (χ1v) is 7.10. The number of carbonyl (C=O) groups is 1. The Balaban J connectivity index is 1.89. The molecule has 4 heteroatoms. The number of rotatable bonds is 4. The third-order valence-electron chi connectivity index (χ3n) is 3.91. The van der Waals surface area contributed by atoms with Crippen LogP contribution >= 0.6 is 11.6 Å². The molecule has 3 nitrogen and oxygen atoms in total. The average molecular weight is 261 g/mol. The topological polar surface area (TPSA) is 35.5 Å². The summed E-state index contributed by atoms with van der Waals surface area (Å²) in [4.78, 5) is 12.0. The summed E-state index contributed by atoms with van der Waals surface area (Å²) in [5.41, 5.74) is -0.0716. The van der Waals surface area contributed by atoms with Crippen LogP contribution in [-0.2, 0) is 14.3 Å². The maximum atomic E-state index is 12.0. The van der Waals surface area contributed by atoms with Gasteiger partial charge in [0.15, 0.2) is 0 Å². The Morgan fingerprint density at radius 2 is 2.06 bits per heavy atom. The number of Topliss-reactive ketones (excluding diaryl/α,β-unsaturated/α-hetero) is 1. The summed E-state index contributed by atoms with van der Waals surface area (Å²) in [7, 11) is 0. The number of ether oxygens (including phenoxy) is 2. The van der Waals surface area contributed by atoms with Crippen molar-refractivity contribution >= 4 is 17.4 Å². The zero-order valence-electron chi connectivity index (χ0n) is 10.3. The minimum Gasteiger partial charge on any atom is -0.381 e. The fraction of sp³-hybridized carbons (Fsp3) is 0.923. The van der Waals surface area contributed by atoms with Crippen LogP contribution in [0.2, 0.25) is 0 Å². The highest BCUT2D eigenvalue weighted by Crippen LogP contribution is 2.37. The normalized spacial score (nSPS) is 28.2. The maximum absolute atomic E-state index is 12.0. The summed E-state index contributed by atoms with van der Waals surface area (Å²) < 4.78 is 11.3. The van der Waals surface area contributed by atoms with E-state index >= 15 is 0 Å². The highest BCUT2D eigenvalue weighted by molar-refractivity contribution is 6.17. The van der Waals surface area contributed by atoms with Crippen molar-refractivity contribution in [2.45, 2.75) is 44.1 Å². The minimum atomic E-state index is -0.0716. The molecule has 98 valence electrons. The lowest BCUT2D eigenvalue weighted by Gasteiger charge is -2.42. The van der Waals surface area contributed by atoms with Gasteiger partial charge in [-0.1, -0.05) is 0 Å². The van der Waals surface area contributed by atoms with Crippen LogP contribution in [0.5, 0.6) is 0 Å². The molecule has 0 aromatic heterocycles. The maximum Gasteiger partial charge on any atom is 0.136 e. The fourth-order valence-corrected chi connectivity index (χ4v) is 2.97. The third kappa shape index (κ3) is 3.43. The van der Waals surface area contributed by atoms with Gasteiger partial charge in [0.2, 0.25) is 0 Å². The summed E-state index contributed by atoms with van der Waals surface area (Å²) in [6.45, 7) is 2.25. The number of halogens is 1. The standard InChI is InChI=1S/C13H21ClO3/c14-6-1-2-12(15)11-3-7-17-13(10-11)4-8-16-9-5-13/h11H,1-10H2. The van der Waals surface area contributed by atoms with Crippen molar-refractivity contribution in [1.29, 1.82) is 0 Å². The zero-order valence-corrected chi connectivity index (χ0v) is 11.0. The molecule has 17 heavy (non-hydrogen) atoms. The van der Waals surface area contributed by atoms with Gasteiger partial charge in [0.05, 0.1) is 5.60 Å². The van der Waals surface area contributed by atoms with Crippen LogP contribution in [0.3, 0.4) is 0 Å². The second kappa shape index (κ2) is 6.17. The highest BCUT2D eigenvalue weighted by atomic mass is 35.5. The molecule has 2 aliphatic heterocycles. The van der Waals surface area contributed by atoms with Gasteiger partial charge in [-0.05, 0) is 32.1 Å². The summed E-state index contributed by atoms with van der Waals surface area (Å²) in [5.74, 6) is 1.14. The number of alkyl halides is 1. The first-order chi connectivity index (χ1) is 8.26. The van der Waals surface area contributed by atoms with E-state index in [-0.39, 0.29) is 11.5 Å². The predicted octanol–water partition coefficient (Wildman–Crippen LogP) is 2.55. The molecule has 1 spiro atoms. The van der Waals surface area contributed by atoms with Gasteiger partial charge in [-0.3, -0.25) is 4.79 Å². The molecule has 2 heterocycles. The predicted molar refractivity (Wildman–Crippen MR) is 66.4 cm³/mol. The molecular weight excluding hydrogens is 240 g/mol. The molecular formula is C13H21ClO3. The molecule has 2 aliphatic rings. The van der Waals surface area contributed by atoms with E-state index in [4.69, 9.17) is 21.1 Å². The minimum absolute atomic E-state index is 0.0716. The van der Waals surface area contributed by atoms with Gasteiger partial charge in [0.25, 0.3) is 0 Å². The molecule has 0 radical (unpaired) electrons. The number of hydrogen-bond donors (Lipinski definition) is 0. The van der Waals surface area contributed by atoms with Crippen molar-refractivity contribution in [3.63, 3.8) is 0 Å². The Morgan fingerprint density at radius 1 is 1.29 bits per heavy atom. The Kier molecular flexibility index (Phi) is 4.83. The van der Waals surface area contributed by atoms with E-state index in [1.165, 1.54) is 0 Å². The van der Waals surface area contributed by atoms with Crippen LogP contribution in [-0.4, -0.2) is 37.1 Å². The van der Waals surface area contributed by atoms with Crippen molar-refractivity contribution < 1.29 is 14.3 Å². The molecule has 1 atom stereocenters. The number of ketones is 1. The molecule has 0 bridgehead atoms. The van der Waals surface area contributed by atoms with Gasteiger partial charge < -0.3 is 9.47 Å². The summed E-state index contributed by atoms with van der Waals surface area (Å²) in [6, 6.07) is 0. The molecule has 0 amide bonds. The van der Waals surface area contributed by atoms with Crippen molar-refractivity contribution in [1.82, 2.24) is 0 Å². The summed E-state index contributed by atoms with van der Waals surface area (Å²) >= 11 is 5.63. The largest absolute Gasteiger partial charge is 0.381 e. The second-order valence-corrected chi connectivity index (χ2v) is 5.47. The molecule has 0 aliphatic carbocycles. The van der Waals surface area contributed by atoms with Gasteiger partial charge in [-0.15, -0.1) is 11.6 Å². The summed E-state index contributed by atoms with van der Waals surface area (Å²) in [5, 5.41) is 0. The highest BCUT2D eigenvalue weighted by Gasteiger charge is 2.40. The Morgan fingerprint density at radius 3 is 2.76 bits per heavy atom. The van der Waals surface area contributed by atoms with Crippen molar-refractivity contribution in [2.75, 3.05) is 25.7 Å². The lowest BCUT2D eigenvalue weighted by atomic mass is 9.78. The first kappa shape index (κ1) is 13.3. The SMILES string of the molecule is O=C(CCCCl)C1CCOC2(CCOCC2)C1. The van der Waals surface area contributed by atoms with Crippen molar-refractivity contribution in [2.24, 2.45) is 5.92 Å². The molecule has 0 aromatic rings. The third-order valence-corrected chi connectivity index (χ3v) is 4.18. The lowest BCUT2D eigenvalue weighted by molar-refractivity contribution is -0.157. The van der Waals surface area contributed by atoms with E-state index in [2.05, 4.69) is 0 Å². The molecule has 0 aromatic carbocycles. The van der Waals surface area contributed by atoms with E-state index < -0.39 is 0 Å². The van der Waals surface area contributed by atoms with Gasteiger partial charge in [-0.25, -0.2) is 0 Å². The number of carbonyl (C=O) groups excluding carboxylic acids is 1. The van der Waals surface area contributed by atoms with Crippen LogP contribution in [0.15, 0.2) is 0 Å². The van der Waals surface area contributed by atoms with Gasteiger partial charge in [0, 0.05) is 38.0 Å². The average Bonchev–Trinajstić information content (AvgIpc) is 2.37. The molecule has 2 saturated heterocycles. The quantitative estimate of drug-likeness (QED) is 0.729. The fourth-order valence-electron chi connectivity index (χ4n) is 2.84. The van der Waals surface area contributed by atoms with Crippen molar-refractivity contribution in [3.8, 4) is 0 Å². The first-order valence-electron chi connectivity index (χ1n) is 6.56. The summed E-state index contributed by atoms with van der Waals surface area (Å²) in [6.07, 6.45) is 5.06. The molecule has 0 N–H and O–H groups in total. The van der Waals surface area contributed by atoms with Crippen molar-refractivity contribution in [3.05, 3.63) is 0 Å². The van der Waals surface area contributed by atoms with Crippen LogP contribution in [0.4, 0.5) is 0 Å². The smallest absolute Gasteiger partial charge is 0.136 e. The monoisotopic (exact) mass is 260 g/mol. The molecule has 2 fully saturated rings. The van der Waals surface area contributed by atoms with E-state index in [9.17, 15) is 4.79 Å². The van der Waals surface area contributed by atoms with Crippen LogP contribution in [0.1, 0.15) is 38.5 Å². The van der Waals surface area contributed by atoms with Crippen LogP contribution in [0, 0.1) is 5.92 Å². The molecule has 2 rings (SSSR count). The van der Waals surface area contributed by atoms with E-state index in [1.807, 2.05) is 0 Å². The van der Waals surface area contributed by atoms with E-state index in [0.717, 1.165) is 51.9 Å².